The van der Waals surface area contributed by atoms with E-state index in [1.807, 2.05) is 13.1 Å². The molecular weight excluding hydrogens is 257 g/mol. The number of hydrogen-bond acceptors (Lipinski definition) is 3. The first-order chi connectivity index (χ1) is 9.56. The molecule has 0 aliphatic heterocycles. The van der Waals surface area contributed by atoms with Crippen molar-refractivity contribution in [1.82, 2.24) is 0 Å². The number of anilines is 1. The Labute approximate surface area is 119 Å². The summed E-state index contributed by atoms with van der Waals surface area (Å²) < 4.78 is 14.0. The van der Waals surface area contributed by atoms with Gasteiger partial charge >= 0.3 is 0 Å². The first-order valence-corrected chi connectivity index (χ1v) is 7.05. The Morgan fingerprint density at radius 3 is 2.75 bits per heavy atom. The molecule has 1 saturated carbocycles. The van der Waals surface area contributed by atoms with E-state index in [9.17, 15) is 4.39 Å². The van der Waals surface area contributed by atoms with Gasteiger partial charge in [0.1, 0.15) is 5.82 Å². The molecule has 0 saturated heterocycles. The molecule has 2 rings (SSSR count). The highest BCUT2D eigenvalue weighted by molar-refractivity contribution is 6.02. The summed E-state index contributed by atoms with van der Waals surface area (Å²) in [5.74, 6) is -0.0984. The monoisotopic (exact) mass is 279 g/mol. The van der Waals surface area contributed by atoms with E-state index in [2.05, 4.69) is 17.0 Å². The van der Waals surface area contributed by atoms with Crippen molar-refractivity contribution in [2.24, 2.45) is 16.8 Å². The molecule has 3 N–H and O–H groups in total. The highest BCUT2D eigenvalue weighted by Gasteiger charge is 2.27. The molecule has 1 aromatic rings. The number of amidine groups is 1. The summed E-state index contributed by atoms with van der Waals surface area (Å²) in [5.41, 5.74) is 6.49. The lowest BCUT2D eigenvalue weighted by molar-refractivity contribution is 0.317. The quantitative estimate of drug-likeness (QED) is 0.387. The maximum atomic E-state index is 14.0. The van der Waals surface area contributed by atoms with Crippen LogP contribution in [0.5, 0.6) is 0 Å². The second kappa shape index (κ2) is 6.11. The molecule has 1 aromatic carbocycles. The molecule has 0 aromatic heterocycles. The van der Waals surface area contributed by atoms with Crippen LogP contribution in [0.25, 0.3) is 0 Å². The fourth-order valence-corrected chi connectivity index (χ4v) is 3.16. The number of oxime groups is 1. The molecule has 20 heavy (non-hydrogen) atoms. The van der Waals surface area contributed by atoms with E-state index in [1.165, 1.54) is 25.3 Å². The number of hydrogen-bond donors (Lipinski definition) is 2. The van der Waals surface area contributed by atoms with Crippen LogP contribution in [-0.2, 0) is 0 Å². The standard InChI is InChI=1S/C15H22FN3O/c1-10-6-3-4-8-12(10)19(2)13-9-5-7-11(16)14(13)15(17)18-20/h5,7,9-10,12,20H,3-4,6,8H2,1-2H3,(H2,17,18). The van der Waals surface area contributed by atoms with Gasteiger partial charge in [0.25, 0.3) is 0 Å². The Hall–Kier alpha value is -1.78. The van der Waals surface area contributed by atoms with Gasteiger partial charge < -0.3 is 15.8 Å². The summed E-state index contributed by atoms with van der Waals surface area (Å²) in [4.78, 5) is 2.07. The number of benzene rings is 1. The smallest absolute Gasteiger partial charge is 0.175 e. The summed E-state index contributed by atoms with van der Waals surface area (Å²) in [6.45, 7) is 2.22. The van der Waals surface area contributed by atoms with Gasteiger partial charge in [0.15, 0.2) is 5.84 Å². The minimum atomic E-state index is -0.465. The maximum Gasteiger partial charge on any atom is 0.175 e. The normalized spacial score (nSPS) is 23.6. The topological polar surface area (TPSA) is 61.8 Å². The van der Waals surface area contributed by atoms with Crippen LogP contribution in [0, 0.1) is 11.7 Å². The third kappa shape index (κ3) is 2.71. The molecule has 0 heterocycles. The average Bonchev–Trinajstić information content (AvgIpc) is 2.46. The third-order valence-electron chi connectivity index (χ3n) is 4.30. The van der Waals surface area contributed by atoms with Crippen LogP contribution in [0.4, 0.5) is 10.1 Å². The minimum Gasteiger partial charge on any atom is -0.409 e. The van der Waals surface area contributed by atoms with Crippen molar-refractivity contribution in [2.45, 2.75) is 38.6 Å². The van der Waals surface area contributed by atoms with Gasteiger partial charge in [0.2, 0.25) is 0 Å². The molecule has 2 atom stereocenters. The van der Waals surface area contributed by atoms with Gasteiger partial charge in [0, 0.05) is 13.1 Å². The second-order valence-electron chi connectivity index (χ2n) is 5.56. The van der Waals surface area contributed by atoms with Gasteiger partial charge in [-0.2, -0.15) is 0 Å². The molecule has 4 nitrogen and oxygen atoms in total. The lowest BCUT2D eigenvalue weighted by Gasteiger charge is -2.38. The van der Waals surface area contributed by atoms with Crippen LogP contribution in [0.2, 0.25) is 0 Å². The van der Waals surface area contributed by atoms with Gasteiger partial charge in [-0.05, 0) is 30.9 Å². The van der Waals surface area contributed by atoms with Gasteiger partial charge in [-0.25, -0.2) is 4.39 Å². The van der Waals surface area contributed by atoms with E-state index in [4.69, 9.17) is 10.9 Å². The fourth-order valence-electron chi connectivity index (χ4n) is 3.16. The number of nitrogens with two attached hydrogens (primary N) is 1. The Morgan fingerprint density at radius 2 is 2.10 bits per heavy atom. The molecule has 2 unspecified atom stereocenters. The van der Waals surface area contributed by atoms with Crippen molar-refractivity contribution in [3.8, 4) is 0 Å². The molecular formula is C15H22FN3O. The zero-order valence-electron chi connectivity index (χ0n) is 12.0. The summed E-state index contributed by atoms with van der Waals surface area (Å²) in [5, 5.41) is 11.8. The zero-order chi connectivity index (χ0) is 14.7. The fraction of sp³-hybridized carbons (Fsp3) is 0.533. The maximum absolute atomic E-state index is 14.0. The van der Waals surface area contributed by atoms with E-state index in [1.54, 1.807) is 6.07 Å². The van der Waals surface area contributed by atoms with E-state index < -0.39 is 5.82 Å². The van der Waals surface area contributed by atoms with Crippen molar-refractivity contribution >= 4 is 11.5 Å². The highest BCUT2D eigenvalue weighted by atomic mass is 19.1. The Balaban J connectivity index is 2.39. The first kappa shape index (κ1) is 14.6. The van der Waals surface area contributed by atoms with Crippen LogP contribution < -0.4 is 10.6 Å². The number of halogens is 1. The summed E-state index contributed by atoms with van der Waals surface area (Å²) >= 11 is 0. The molecule has 110 valence electrons. The van der Waals surface area contributed by atoms with Crippen LogP contribution >= 0.6 is 0 Å². The van der Waals surface area contributed by atoms with E-state index in [0.717, 1.165) is 6.42 Å². The third-order valence-corrected chi connectivity index (χ3v) is 4.30. The summed E-state index contributed by atoms with van der Waals surface area (Å²) in [6, 6.07) is 5.16. The minimum absolute atomic E-state index is 0.176. The van der Waals surface area contributed by atoms with Gasteiger partial charge in [-0.15, -0.1) is 0 Å². The zero-order valence-corrected chi connectivity index (χ0v) is 12.0. The van der Waals surface area contributed by atoms with Crippen LogP contribution in [0.1, 0.15) is 38.2 Å². The highest BCUT2D eigenvalue weighted by Crippen LogP contribution is 2.32. The van der Waals surface area contributed by atoms with Crippen molar-refractivity contribution < 1.29 is 9.60 Å². The molecule has 0 spiro atoms. The Kier molecular flexibility index (Phi) is 4.47. The van der Waals surface area contributed by atoms with Gasteiger partial charge in [-0.3, -0.25) is 0 Å². The number of rotatable bonds is 3. The van der Waals surface area contributed by atoms with E-state index >= 15 is 0 Å². The molecule has 1 aliphatic rings. The van der Waals surface area contributed by atoms with E-state index in [0.29, 0.717) is 17.6 Å². The SMILES string of the molecule is CC1CCCCC1N(C)c1cccc(F)c1C(N)=NO. The van der Waals surface area contributed by atoms with Crippen LogP contribution in [0.15, 0.2) is 23.4 Å². The largest absolute Gasteiger partial charge is 0.409 e. The Morgan fingerprint density at radius 1 is 1.40 bits per heavy atom. The van der Waals surface area contributed by atoms with Gasteiger partial charge in [-0.1, -0.05) is 31.0 Å². The van der Waals surface area contributed by atoms with Gasteiger partial charge in [0.05, 0.1) is 11.3 Å². The lowest BCUT2D eigenvalue weighted by atomic mass is 9.84. The summed E-state index contributed by atoms with van der Waals surface area (Å²) in [6.07, 6.45) is 4.71. The molecule has 0 radical (unpaired) electrons. The predicted octanol–water partition coefficient (Wildman–Crippen LogP) is 2.94. The van der Waals surface area contributed by atoms with E-state index in [-0.39, 0.29) is 11.4 Å². The molecule has 1 aliphatic carbocycles. The molecule has 0 bridgehead atoms. The Bertz CT molecular complexity index is 504. The van der Waals surface area contributed by atoms with Crippen LogP contribution in [0.3, 0.4) is 0 Å². The first-order valence-electron chi connectivity index (χ1n) is 7.05. The van der Waals surface area contributed by atoms with Crippen molar-refractivity contribution in [3.63, 3.8) is 0 Å². The second-order valence-corrected chi connectivity index (χ2v) is 5.56. The van der Waals surface area contributed by atoms with Crippen LogP contribution in [-0.4, -0.2) is 24.1 Å². The van der Waals surface area contributed by atoms with Crippen molar-refractivity contribution in [2.75, 3.05) is 11.9 Å². The molecule has 0 amide bonds. The molecule has 5 heteroatoms. The van der Waals surface area contributed by atoms with Crippen molar-refractivity contribution in [3.05, 3.63) is 29.6 Å². The molecule has 1 fully saturated rings. The van der Waals surface area contributed by atoms with Crippen molar-refractivity contribution in [1.29, 1.82) is 0 Å². The number of nitrogens with zero attached hydrogens (tertiary/aromatic N) is 2. The lowest BCUT2D eigenvalue weighted by Crippen LogP contribution is -2.40. The predicted molar refractivity (Wildman–Crippen MR) is 78.7 cm³/mol. The summed E-state index contributed by atoms with van der Waals surface area (Å²) in [7, 11) is 1.95. The average molecular weight is 279 g/mol.